The van der Waals surface area contributed by atoms with Crippen molar-refractivity contribution < 1.29 is 19.1 Å². The van der Waals surface area contributed by atoms with Crippen molar-refractivity contribution in [3.63, 3.8) is 0 Å². The molecule has 2 N–H and O–H groups in total. The molecule has 2 amide bonds. The number of amides is 2. The number of carbonyl (C=O) groups excluding carboxylic acids is 2. The molecule has 110 valence electrons. The summed E-state index contributed by atoms with van der Waals surface area (Å²) in [5.41, 5.74) is 0.549. The summed E-state index contributed by atoms with van der Waals surface area (Å²) in [7, 11) is 1.47. The second-order valence-corrected chi connectivity index (χ2v) is 4.73. The third kappa shape index (κ3) is 4.31. The van der Waals surface area contributed by atoms with E-state index in [0.29, 0.717) is 6.42 Å². The van der Waals surface area contributed by atoms with E-state index >= 15 is 0 Å². The van der Waals surface area contributed by atoms with Crippen LogP contribution < -0.4 is 5.32 Å². The summed E-state index contributed by atoms with van der Waals surface area (Å²) in [4.78, 5) is 24.8. The maximum Gasteiger partial charge on any atom is 0.313 e. The van der Waals surface area contributed by atoms with Gasteiger partial charge < -0.3 is 15.3 Å². The van der Waals surface area contributed by atoms with Crippen molar-refractivity contribution in [2.75, 3.05) is 18.9 Å². The number of nitrogens with one attached hydrogen (secondary N) is 1. The topological polar surface area (TPSA) is 69.6 Å². The van der Waals surface area contributed by atoms with E-state index in [1.54, 1.807) is 6.92 Å². The monoisotopic (exact) mass is 282 g/mol. The largest absolute Gasteiger partial charge is 0.393 e. The Hall–Kier alpha value is -1.95. The standard InChI is InChI=1S/C14H19FN2O3/c1-9(18)7-8-17(3)14(20)13(19)16-12-6-4-5-11(15)10(12)2/h4-6,9,18H,7-8H2,1-3H3,(H,16,19). The van der Waals surface area contributed by atoms with Crippen molar-refractivity contribution in [3.8, 4) is 0 Å². The van der Waals surface area contributed by atoms with E-state index in [0.717, 1.165) is 0 Å². The molecule has 1 aromatic carbocycles. The number of carbonyl (C=O) groups is 2. The van der Waals surface area contributed by atoms with Gasteiger partial charge in [0.05, 0.1) is 6.10 Å². The molecule has 0 aliphatic heterocycles. The molecule has 1 atom stereocenters. The van der Waals surface area contributed by atoms with E-state index in [4.69, 9.17) is 5.11 Å². The quantitative estimate of drug-likeness (QED) is 0.818. The lowest BCUT2D eigenvalue weighted by molar-refractivity contribution is -0.142. The van der Waals surface area contributed by atoms with Crippen LogP contribution in [-0.2, 0) is 9.59 Å². The molecule has 0 heterocycles. The Balaban J connectivity index is 2.66. The number of benzene rings is 1. The van der Waals surface area contributed by atoms with E-state index < -0.39 is 23.7 Å². The zero-order chi connectivity index (χ0) is 15.3. The van der Waals surface area contributed by atoms with E-state index in [9.17, 15) is 14.0 Å². The second kappa shape index (κ2) is 7.00. The third-order valence-corrected chi connectivity index (χ3v) is 2.94. The molecule has 0 saturated heterocycles. The van der Waals surface area contributed by atoms with Gasteiger partial charge in [0, 0.05) is 24.8 Å². The van der Waals surface area contributed by atoms with Crippen LogP contribution in [0.5, 0.6) is 0 Å². The second-order valence-electron chi connectivity index (χ2n) is 4.73. The molecular formula is C14H19FN2O3. The molecule has 0 spiro atoms. The predicted octanol–water partition coefficient (Wildman–Crippen LogP) is 1.30. The smallest absolute Gasteiger partial charge is 0.313 e. The number of rotatable bonds is 4. The minimum atomic E-state index is -0.827. The Kier molecular flexibility index (Phi) is 5.64. The molecule has 1 aromatic rings. The highest BCUT2D eigenvalue weighted by molar-refractivity contribution is 6.39. The number of aliphatic hydroxyl groups is 1. The molecule has 0 saturated carbocycles. The first-order valence-electron chi connectivity index (χ1n) is 6.32. The van der Waals surface area contributed by atoms with Crippen LogP contribution in [0.25, 0.3) is 0 Å². The summed E-state index contributed by atoms with van der Waals surface area (Å²) in [6.45, 7) is 3.40. The van der Waals surface area contributed by atoms with Crippen molar-refractivity contribution in [2.24, 2.45) is 0 Å². The van der Waals surface area contributed by atoms with Crippen molar-refractivity contribution in [2.45, 2.75) is 26.4 Å². The Morgan fingerprint density at radius 1 is 1.45 bits per heavy atom. The number of hydrogen-bond donors (Lipinski definition) is 2. The predicted molar refractivity (Wildman–Crippen MR) is 73.7 cm³/mol. The molecule has 20 heavy (non-hydrogen) atoms. The van der Waals surface area contributed by atoms with Gasteiger partial charge in [-0.15, -0.1) is 0 Å². The highest BCUT2D eigenvalue weighted by Crippen LogP contribution is 2.17. The fourth-order valence-electron chi connectivity index (χ4n) is 1.57. The van der Waals surface area contributed by atoms with Crippen molar-refractivity contribution in [3.05, 3.63) is 29.6 Å². The third-order valence-electron chi connectivity index (χ3n) is 2.94. The minimum Gasteiger partial charge on any atom is -0.393 e. The SMILES string of the molecule is Cc1c(F)cccc1NC(=O)C(=O)N(C)CCC(C)O. The van der Waals surface area contributed by atoms with E-state index in [1.165, 1.54) is 37.1 Å². The molecular weight excluding hydrogens is 263 g/mol. The molecule has 0 aliphatic carbocycles. The van der Waals surface area contributed by atoms with E-state index in [1.807, 2.05) is 0 Å². The Labute approximate surface area is 117 Å². The normalized spacial score (nSPS) is 11.8. The van der Waals surface area contributed by atoms with Crippen LogP contribution in [0.1, 0.15) is 18.9 Å². The van der Waals surface area contributed by atoms with Gasteiger partial charge >= 0.3 is 11.8 Å². The number of hydrogen-bond acceptors (Lipinski definition) is 3. The van der Waals surface area contributed by atoms with Gasteiger partial charge in [-0.3, -0.25) is 9.59 Å². The molecule has 1 rings (SSSR count). The van der Waals surface area contributed by atoms with Crippen molar-refractivity contribution >= 4 is 17.5 Å². The van der Waals surface area contributed by atoms with Crippen LogP contribution in [0.15, 0.2) is 18.2 Å². The van der Waals surface area contributed by atoms with Gasteiger partial charge in [0.2, 0.25) is 0 Å². The summed E-state index contributed by atoms with van der Waals surface area (Å²) in [5.74, 6) is -2.00. The summed E-state index contributed by atoms with van der Waals surface area (Å²) in [6, 6.07) is 4.26. The van der Waals surface area contributed by atoms with Gasteiger partial charge in [0.15, 0.2) is 0 Å². The highest BCUT2D eigenvalue weighted by atomic mass is 19.1. The van der Waals surface area contributed by atoms with E-state index in [2.05, 4.69) is 5.32 Å². The van der Waals surface area contributed by atoms with Crippen LogP contribution in [0.2, 0.25) is 0 Å². The lowest BCUT2D eigenvalue weighted by Crippen LogP contribution is -2.38. The first-order chi connectivity index (χ1) is 9.32. The number of nitrogens with zero attached hydrogens (tertiary/aromatic N) is 1. The summed E-state index contributed by atoms with van der Waals surface area (Å²) in [6.07, 6.45) is -0.159. The molecule has 0 fully saturated rings. The Morgan fingerprint density at radius 2 is 2.10 bits per heavy atom. The Morgan fingerprint density at radius 3 is 2.70 bits per heavy atom. The zero-order valence-electron chi connectivity index (χ0n) is 11.8. The van der Waals surface area contributed by atoms with Crippen molar-refractivity contribution in [1.82, 2.24) is 4.90 Å². The lowest BCUT2D eigenvalue weighted by atomic mass is 10.2. The minimum absolute atomic E-state index is 0.270. The van der Waals surface area contributed by atoms with Crippen LogP contribution in [0.3, 0.4) is 0 Å². The molecule has 0 aromatic heterocycles. The van der Waals surface area contributed by atoms with Crippen LogP contribution >= 0.6 is 0 Å². The zero-order valence-corrected chi connectivity index (χ0v) is 11.8. The van der Waals surface area contributed by atoms with Gasteiger partial charge in [-0.05, 0) is 32.4 Å². The van der Waals surface area contributed by atoms with Crippen molar-refractivity contribution in [1.29, 1.82) is 0 Å². The maximum absolute atomic E-state index is 13.3. The Bertz CT molecular complexity index is 503. The molecule has 6 heteroatoms. The number of likely N-dealkylation sites (N-methyl/N-ethyl adjacent to an activating group) is 1. The number of aliphatic hydroxyl groups excluding tert-OH is 1. The fourth-order valence-corrected chi connectivity index (χ4v) is 1.57. The summed E-state index contributed by atoms with van der Waals surface area (Å²) < 4.78 is 13.3. The van der Waals surface area contributed by atoms with Gasteiger partial charge in [-0.2, -0.15) is 0 Å². The van der Waals surface area contributed by atoms with Gasteiger partial charge in [-0.1, -0.05) is 6.07 Å². The van der Waals surface area contributed by atoms with Gasteiger partial charge in [-0.25, -0.2) is 4.39 Å². The van der Waals surface area contributed by atoms with Crippen LogP contribution in [0.4, 0.5) is 10.1 Å². The molecule has 1 unspecified atom stereocenters. The average molecular weight is 282 g/mol. The molecule has 0 bridgehead atoms. The first kappa shape index (κ1) is 16.1. The molecule has 5 nitrogen and oxygen atoms in total. The molecule has 0 aliphatic rings. The van der Waals surface area contributed by atoms with Crippen LogP contribution in [0, 0.1) is 12.7 Å². The molecule has 0 radical (unpaired) electrons. The first-order valence-corrected chi connectivity index (χ1v) is 6.32. The fraction of sp³-hybridized carbons (Fsp3) is 0.429. The summed E-state index contributed by atoms with van der Waals surface area (Å²) in [5, 5.41) is 11.5. The number of halogens is 1. The lowest BCUT2D eigenvalue weighted by Gasteiger charge is -2.17. The van der Waals surface area contributed by atoms with Gasteiger partial charge in [0.25, 0.3) is 0 Å². The van der Waals surface area contributed by atoms with E-state index in [-0.39, 0.29) is 17.8 Å². The number of anilines is 1. The summed E-state index contributed by atoms with van der Waals surface area (Å²) >= 11 is 0. The van der Waals surface area contributed by atoms with Crippen LogP contribution in [-0.4, -0.2) is 41.5 Å². The highest BCUT2D eigenvalue weighted by Gasteiger charge is 2.19. The average Bonchev–Trinajstić information content (AvgIpc) is 2.40. The van der Waals surface area contributed by atoms with Gasteiger partial charge in [0.1, 0.15) is 5.82 Å². The maximum atomic E-state index is 13.3.